The van der Waals surface area contributed by atoms with Gasteiger partial charge < -0.3 is 30.7 Å². The molecular formula is C17H23BN6O6. The van der Waals surface area contributed by atoms with Crippen molar-refractivity contribution in [2.24, 2.45) is 0 Å². The Morgan fingerprint density at radius 1 is 1.33 bits per heavy atom. The van der Waals surface area contributed by atoms with Crippen molar-refractivity contribution in [3.05, 3.63) is 41.2 Å². The van der Waals surface area contributed by atoms with E-state index in [1.807, 2.05) is 0 Å². The number of nitrogens with one attached hydrogen (secondary N) is 5. The van der Waals surface area contributed by atoms with Crippen LogP contribution in [0.4, 0.5) is 0 Å². The average Bonchev–Trinajstić information content (AvgIpc) is 3.16. The highest BCUT2D eigenvalue weighted by Crippen LogP contribution is 2.30. The molecule has 2 heterocycles. The van der Waals surface area contributed by atoms with Crippen LogP contribution in [0, 0.1) is 0 Å². The highest BCUT2D eigenvalue weighted by atomic mass is 16.5. The number of fused-ring (bicyclic) bond motifs is 1. The first-order valence-electron chi connectivity index (χ1n) is 9.31. The number of carbonyl (C=O) groups excluding carboxylic acids is 2. The summed E-state index contributed by atoms with van der Waals surface area (Å²) in [5.74, 6) is -2.56. The van der Waals surface area contributed by atoms with E-state index in [0.29, 0.717) is 18.7 Å². The number of hydrogen-bond acceptors (Lipinski definition) is 9. The molecule has 2 aliphatic heterocycles. The van der Waals surface area contributed by atoms with Gasteiger partial charge in [-0.2, -0.15) is 0 Å². The standard InChI is InChI=1S/C17H23BN6O6/c1-19-5-6-20-16(26)12-8-24(23-22-12)9-14(25)21-13-7-10-3-2-4-11(17(27)28)15(10)30-18(13)29/h2-4,8,13,19,22-23,29H,5-7,9H2,1H3,(H,20,26)(H,21,25)(H,27,28)/t13-/m0/s1. The van der Waals surface area contributed by atoms with Crippen LogP contribution in [0.1, 0.15) is 15.9 Å². The van der Waals surface area contributed by atoms with Gasteiger partial charge in [0.05, 0.1) is 11.5 Å². The first-order valence-corrected chi connectivity index (χ1v) is 9.31. The highest BCUT2D eigenvalue weighted by Gasteiger charge is 2.38. The zero-order valence-electron chi connectivity index (χ0n) is 16.3. The molecular weight excluding hydrogens is 395 g/mol. The lowest BCUT2D eigenvalue weighted by atomic mass is 9.72. The lowest BCUT2D eigenvalue weighted by molar-refractivity contribution is -0.122. The number of amides is 2. The number of para-hydroxylation sites is 1. The SMILES string of the molecule is CNCCNC(=O)C1=CN(CC(=O)N[C@H]2Cc3cccc(C(=O)O)c3OB2O)NN1. The monoisotopic (exact) mass is 418 g/mol. The number of nitrogens with zero attached hydrogens (tertiary/aromatic N) is 1. The first-order chi connectivity index (χ1) is 14.4. The number of hydrazine groups is 2. The van der Waals surface area contributed by atoms with Crippen molar-refractivity contribution < 1.29 is 29.2 Å². The summed E-state index contributed by atoms with van der Waals surface area (Å²) in [6.07, 6.45) is 1.67. The average molecular weight is 418 g/mol. The number of likely N-dealkylation sites (N-methyl/N-ethyl adjacent to an activating group) is 1. The molecule has 2 amide bonds. The van der Waals surface area contributed by atoms with Gasteiger partial charge in [-0.15, -0.1) is 5.53 Å². The third kappa shape index (κ3) is 5.00. The second-order valence-corrected chi connectivity index (χ2v) is 6.75. The fourth-order valence-electron chi connectivity index (χ4n) is 3.07. The molecule has 30 heavy (non-hydrogen) atoms. The summed E-state index contributed by atoms with van der Waals surface area (Å²) in [6, 6.07) is 4.65. The van der Waals surface area contributed by atoms with Crippen LogP contribution in [0.3, 0.4) is 0 Å². The molecule has 0 aliphatic carbocycles. The minimum absolute atomic E-state index is 0.0469. The fraction of sp³-hybridized carbons (Fsp3) is 0.353. The molecule has 0 bridgehead atoms. The lowest BCUT2D eigenvalue weighted by Gasteiger charge is -2.29. The summed E-state index contributed by atoms with van der Waals surface area (Å²) in [5.41, 5.74) is 6.15. The zero-order valence-corrected chi connectivity index (χ0v) is 16.3. The predicted molar refractivity (Wildman–Crippen MR) is 106 cm³/mol. The number of hydrogen-bond donors (Lipinski definition) is 7. The Kier molecular flexibility index (Phi) is 6.77. The Hall–Kier alpha value is -3.29. The number of carboxylic acid groups (broad SMARTS) is 1. The molecule has 0 fully saturated rings. The Morgan fingerprint density at radius 2 is 2.13 bits per heavy atom. The van der Waals surface area contributed by atoms with E-state index in [4.69, 9.17) is 4.65 Å². The summed E-state index contributed by atoms with van der Waals surface area (Å²) in [5, 5.41) is 29.1. The molecule has 0 saturated heterocycles. The normalized spacial score (nSPS) is 17.4. The van der Waals surface area contributed by atoms with E-state index in [1.54, 1.807) is 19.2 Å². The maximum atomic E-state index is 12.4. The molecule has 0 aromatic heterocycles. The second-order valence-electron chi connectivity index (χ2n) is 6.75. The maximum absolute atomic E-state index is 12.4. The summed E-state index contributed by atoms with van der Waals surface area (Å²) < 4.78 is 5.35. The molecule has 12 nitrogen and oxygen atoms in total. The number of carbonyl (C=O) groups is 3. The molecule has 0 radical (unpaired) electrons. The molecule has 2 aliphatic rings. The summed E-state index contributed by atoms with van der Waals surface area (Å²) in [7, 11) is 0.384. The molecule has 7 N–H and O–H groups in total. The van der Waals surface area contributed by atoms with Crippen molar-refractivity contribution in [3.63, 3.8) is 0 Å². The fourth-order valence-corrected chi connectivity index (χ4v) is 3.07. The van der Waals surface area contributed by atoms with E-state index in [9.17, 15) is 24.5 Å². The van der Waals surface area contributed by atoms with Gasteiger partial charge in [0.2, 0.25) is 5.91 Å². The Balaban J connectivity index is 1.55. The molecule has 0 unspecified atom stereocenters. The zero-order chi connectivity index (χ0) is 21.7. The van der Waals surface area contributed by atoms with Crippen molar-refractivity contribution in [1.29, 1.82) is 0 Å². The van der Waals surface area contributed by atoms with Gasteiger partial charge in [-0.1, -0.05) is 12.1 Å². The van der Waals surface area contributed by atoms with E-state index in [-0.39, 0.29) is 35.9 Å². The van der Waals surface area contributed by atoms with Crippen LogP contribution in [-0.4, -0.2) is 72.7 Å². The van der Waals surface area contributed by atoms with Crippen LogP contribution < -0.4 is 31.6 Å². The first kappa shape index (κ1) is 21.4. The molecule has 3 rings (SSSR count). The van der Waals surface area contributed by atoms with Crippen LogP contribution in [0.25, 0.3) is 0 Å². The molecule has 160 valence electrons. The van der Waals surface area contributed by atoms with Crippen molar-refractivity contribution in [2.75, 3.05) is 26.7 Å². The molecule has 1 aromatic carbocycles. The van der Waals surface area contributed by atoms with Crippen molar-refractivity contribution >= 4 is 24.9 Å². The number of carboxylic acids is 1. The van der Waals surface area contributed by atoms with Gasteiger partial charge in [0.1, 0.15) is 18.0 Å². The Labute approximate surface area is 172 Å². The van der Waals surface area contributed by atoms with E-state index >= 15 is 0 Å². The van der Waals surface area contributed by atoms with Gasteiger partial charge in [-0.25, -0.2) is 4.79 Å². The Morgan fingerprint density at radius 3 is 2.87 bits per heavy atom. The smallest absolute Gasteiger partial charge is 0.534 e. The molecule has 13 heteroatoms. The van der Waals surface area contributed by atoms with Crippen molar-refractivity contribution in [2.45, 2.75) is 12.4 Å². The summed E-state index contributed by atoms with van der Waals surface area (Å²) >= 11 is 0. The van der Waals surface area contributed by atoms with Crippen LogP contribution in [0.5, 0.6) is 5.75 Å². The van der Waals surface area contributed by atoms with Gasteiger partial charge in [-0.3, -0.25) is 20.0 Å². The molecule has 1 atom stereocenters. The van der Waals surface area contributed by atoms with Crippen molar-refractivity contribution in [3.8, 4) is 5.75 Å². The number of aromatic carboxylic acids is 1. The third-order valence-electron chi connectivity index (χ3n) is 4.53. The summed E-state index contributed by atoms with van der Waals surface area (Å²) in [6.45, 7) is 0.951. The lowest BCUT2D eigenvalue weighted by Crippen LogP contribution is -2.55. The van der Waals surface area contributed by atoms with Crippen LogP contribution in [-0.2, 0) is 16.0 Å². The van der Waals surface area contributed by atoms with Crippen LogP contribution in [0.15, 0.2) is 30.1 Å². The second kappa shape index (κ2) is 9.48. The van der Waals surface area contributed by atoms with Gasteiger partial charge in [0.25, 0.3) is 5.91 Å². The minimum Gasteiger partial charge on any atom is -0.534 e. The van der Waals surface area contributed by atoms with Gasteiger partial charge in [-0.05, 0) is 25.1 Å². The van der Waals surface area contributed by atoms with E-state index < -0.39 is 24.9 Å². The van der Waals surface area contributed by atoms with Gasteiger partial charge in [0, 0.05) is 19.3 Å². The van der Waals surface area contributed by atoms with E-state index in [1.165, 1.54) is 17.3 Å². The van der Waals surface area contributed by atoms with E-state index in [0.717, 1.165) is 0 Å². The highest BCUT2D eigenvalue weighted by molar-refractivity contribution is 6.47. The Bertz CT molecular complexity index is 865. The molecule has 1 aromatic rings. The van der Waals surface area contributed by atoms with Gasteiger partial charge >= 0.3 is 13.1 Å². The predicted octanol–water partition coefficient (Wildman–Crippen LogP) is -2.67. The van der Waals surface area contributed by atoms with Crippen LogP contribution >= 0.6 is 0 Å². The maximum Gasteiger partial charge on any atom is 0.547 e. The molecule has 0 saturated carbocycles. The minimum atomic E-state index is -1.39. The topological polar surface area (TPSA) is 164 Å². The van der Waals surface area contributed by atoms with Crippen molar-refractivity contribution in [1.82, 2.24) is 31.9 Å². The summed E-state index contributed by atoms with van der Waals surface area (Å²) in [4.78, 5) is 35.6. The van der Waals surface area contributed by atoms with Gasteiger partial charge in [0.15, 0.2) is 0 Å². The number of benzene rings is 1. The quantitative estimate of drug-likeness (QED) is 0.175. The van der Waals surface area contributed by atoms with E-state index in [2.05, 4.69) is 26.9 Å². The third-order valence-corrected chi connectivity index (χ3v) is 4.53. The largest absolute Gasteiger partial charge is 0.547 e. The van der Waals surface area contributed by atoms with Crippen LogP contribution in [0.2, 0.25) is 0 Å². The number of rotatable bonds is 8. The molecule has 0 spiro atoms.